The van der Waals surface area contributed by atoms with Crippen LogP contribution in [-0.4, -0.2) is 49.0 Å². The first-order chi connectivity index (χ1) is 8.79. The minimum absolute atomic E-state index is 0.362. The Morgan fingerprint density at radius 3 is 2.89 bits per heavy atom. The number of β-amino-alcohol motifs (C(OH)–C–C–N with tert-alkyl or cyclic N) is 1. The molecule has 1 N–H and O–H groups in total. The Kier molecular flexibility index (Phi) is 5.17. The number of benzene rings is 1. The van der Waals surface area contributed by atoms with Crippen LogP contribution in [0.3, 0.4) is 0 Å². The fourth-order valence-corrected chi connectivity index (χ4v) is 2.60. The van der Waals surface area contributed by atoms with Crippen LogP contribution in [-0.2, 0) is 4.74 Å². The average Bonchev–Trinajstić information content (AvgIpc) is 2.86. The Morgan fingerprint density at radius 2 is 2.17 bits per heavy atom. The fourth-order valence-electron chi connectivity index (χ4n) is 2.60. The highest BCUT2D eigenvalue weighted by atomic mass is 16.5. The Bertz CT molecular complexity index is 342. The molecule has 0 aromatic heterocycles. The first-order valence-corrected chi connectivity index (χ1v) is 6.82. The molecule has 2 unspecified atom stereocenters. The molecule has 0 bridgehead atoms. The van der Waals surface area contributed by atoms with Gasteiger partial charge in [-0.05, 0) is 31.4 Å². The van der Waals surface area contributed by atoms with E-state index in [2.05, 4.69) is 35.2 Å². The highest BCUT2D eigenvalue weighted by Gasteiger charge is 2.24. The van der Waals surface area contributed by atoms with E-state index in [9.17, 15) is 5.11 Å². The van der Waals surface area contributed by atoms with Crippen molar-refractivity contribution in [3.05, 3.63) is 35.9 Å². The van der Waals surface area contributed by atoms with Crippen LogP contribution in [0.25, 0.3) is 0 Å². The molecule has 2 rings (SSSR count). The number of rotatable bonds is 6. The first-order valence-electron chi connectivity index (χ1n) is 6.82. The van der Waals surface area contributed by atoms with Crippen molar-refractivity contribution in [2.45, 2.75) is 25.4 Å². The van der Waals surface area contributed by atoms with Gasteiger partial charge in [-0.2, -0.15) is 0 Å². The standard InChI is InChI=1S/C15H23NO2/c1-2-18-12-15(17)11-16-9-8-14(10-16)13-6-4-3-5-7-13/h3-7,14-15,17H,2,8-12H2,1H3. The zero-order chi connectivity index (χ0) is 12.8. The summed E-state index contributed by atoms with van der Waals surface area (Å²) in [6.45, 7) is 5.92. The summed E-state index contributed by atoms with van der Waals surface area (Å²) in [5, 5.41) is 9.83. The maximum Gasteiger partial charge on any atom is 0.0900 e. The molecular formula is C15H23NO2. The van der Waals surface area contributed by atoms with E-state index in [0.717, 1.165) is 19.6 Å². The lowest BCUT2D eigenvalue weighted by Crippen LogP contribution is -2.33. The average molecular weight is 249 g/mol. The second-order valence-corrected chi connectivity index (χ2v) is 4.97. The van der Waals surface area contributed by atoms with Crippen molar-refractivity contribution in [1.29, 1.82) is 0 Å². The topological polar surface area (TPSA) is 32.7 Å². The third-order valence-corrected chi connectivity index (χ3v) is 3.53. The molecule has 0 aliphatic carbocycles. The molecule has 0 radical (unpaired) electrons. The maximum atomic E-state index is 9.83. The van der Waals surface area contributed by atoms with Crippen molar-refractivity contribution in [3.8, 4) is 0 Å². The number of aliphatic hydroxyl groups excluding tert-OH is 1. The first kappa shape index (κ1) is 13.5. The van der Waals surface area contributed by atoms with Gasteiger partial charge in [0.25, 0.3) is 0 Å². The summed E-state index contributed by atoms with van der Waals surface area (Å²) in [5.74, 6) is 0.616. The normalized spacial score (nSPS) is 22.2. The summed E-state index contributed by atoms with van der Waals surface area (Å²) in [4.78, 5) is 2.33. The molecule has 100 valence electrons. The Balaban J connectivity index is 1.78. The van der Waals surface area contributed by atoms with E-state index in [1.54, 1.807) is 0 Å². The number of ether oxygens (including phenoxy) is 1. The predicted molar refractivity (Wildman–Crippen MR) is 72.7 cm³/mol. The molecule has 1 aromatic carbocycles. The van der Waals surface area contributed by atoms with Gasteiger partial charge in [-0.25, -0.2) is 0 Å². The lowest BCUT2D eigenvalue weighted by molar-refractivity contribution is 0.0250. The highest BCUT2D eigenvalue weighted by Crippen LogP contribution is 2.26. The minimum atomic E-state index is -0.362. The van der Waals surface area contributed by atoms with Crippen LogP contribution < -0.4 is 0 Å². The third kappa shape index (κ3) is 3.80. The van der Waals surface area contributed by atoms with Crippen molar-refractivity contribution in [2.24, 2.45) is 0 Å². The molecule has 1 aliphatic rings. The molecule has 1 aliphatic heterocycles. The smallest absolute Gasteiger partial charge is 0.0900 e. The van der Waals surface area contributed by atoms with Crippen LogP contribution in [0.2, 0.25) is 0 Å². The largest absolute Gasteiger partial charge is 0.389 e. The zero-order valence-electron chi connectivity index (χ0n) is 11.1. The molecule has 3 heteroatoms. The van der Waals surface area contributed by atoms with Crippen LogP contribution in [0.4, 0.5) is 0 Å². The van der Waals surface area contributed by atoms with Crippen LogP contribution in [0.15, 0.2) is 30.3 Å². The maximum absolute atomic E-state index is 9.83. The molecule has 2 atom stereocenters. The molecule has 1 saturated heterocycles. The molecule has 0 saturated carbocycles. The van der Waals surface area contributed by atoms with Gasteiger partial charge in [0, 0.05) is 19.7 Å². The fraction of sp³-hybridized carbons (Fsp3) is 0.600. The highest BCUT2D eigenvalue weighted by molar-refractivity contribution is 5.20. The lowest BCUT2D eigenvalue weighted by Gasteiger charge is -2.20. The van der Waals surface area contributed by atoms with Gasteiger partial charge in [-0.15, -0.1) is 0 Å². The van der Waals surface area contributed by atoms with Gasteiger partial charge in [-0.1, -0.05) is 30.3 Å². The summed E-state index contributed by atoms with van der Waals surface area (Å²) >= 11 is 0. The summed E-state index contributed by atoms with van der Waals surface area (Å²) in [6.07, 6.45) is 0.824. The second-order valence-electron chi connectivity index (χ2n) is 4.97. The van der Waals surface area contributed by atoms with E-state index >= 15 is 0 Å². The van der Waals surface area contributed by atoms with Crippen molar-refractivity contribution in [3.63, 3.8) is 0 Å². The second kappa shape index (κ2) is 6.88. The molecular weight excluding hydrogens is 226 g/mol. The van der Waals surface area contributed by atoms with Gasteiger partial charge in [0.1, 0.15) is 0 Å². The summed E-state index contributed by atoms with van der Waals surface area (Å²) < 4.78 is 5.24. The van der Waals surface area contributed by atoms with Gasteiger partial charge in [0.2, 0.25) is 0 Å². The predicted octanol–water partition coefficient (Wildman–Crippen LogP) is 1.87. The lowest BCUT2D eigenvalue weighted by atomic mass is 9.99. The van der Waals surface area contributed by atoms with Gasteiger partial charge in [-0.3, -0.25) is 0 Å². The molecule has 0 amide bonds. The number of hydrogen-bond donors (Lipinski definition) is 1. The van der Waals surface area contributed by atoms with E-state index in [1.807, 2.05) is 6.92 Å². The van der Waals surface area contributed by atoms with Crippen LogP contribution in [0.1, 0.15) is 24.8 Å². The number of hydrogen-bond acceptors (Lipinski definition) is 3. The van der Waals surface area contributed by atoms with Gasteiger partial charge in [0.05, 0.1) is 12.7 Å². The molecule has 18 heavy (non-hydrogen) atoms. The molecule has 0 spiro atoms. The van der Waals surface area contributed by atoms with Gasteiger partial charge < -0.3 is 14.7 Å². The summed E-state index contributed by atoms with van der Waals surface area (Å²) in [7, 11) is 0. The Hall–Kier alpha value is -0.900. The van der Waals surface area contributed by atoms with Crippen LogP contribution >= 0.6 is 0 Å². The van der Waals surface area contributed by atoms with Crippen LogP contribution in [0, 0.1) is 0 Å². The quantitative estimate of drug-likeness (QED) is 0.835. The van der Waals surface area contributed by atoms with Crippen molar-refractivity contribution in [2.75, 3.05) is 32.8 Å². The van der Waals surface area contributed by atoms with E-state index in [1.165, 1.54) is 12.0 Å². The summed E-state index contributed by atoms with van der Waals surface area (Å²) in [5.41, 5.74) is 1.42. The van der Waals surface area contributed by atoms with Gasteiger partial charge in [0.15, 0.2) is 0 Å². The number of likely N-dealkylation sites (tertiary alicyclic amines) is 1. The van der Waals surface area contributed by atoms with Crippen molar-refractivity contribution in [1.82, 2.24) is 4.90 Å². The van der Waals surface area contributed by atoms with Crippen LogP contribution in [0.5, 0.6) is 0 Å². The molecule has 1 heterocycles. The number of nitrogens with zero attached hydrogens (tertiary/aromatic N) is 1. The van der Waals surface area contributed by atoms with Crippen molar-refractivity contribution < 1.29 is 9.84 Å². The van der Waals surface area contributed by atoms with Crippen molar-refractivity contribution >= 4 is 0 Å². The van der Waals surface area contributed by atoms with E-state index in [4.69, 9.17) is 4.74 Å². The van der Waals surface area contributed by atoms with E-state index in [-0.39, 0.29) is 6.10 Å². The molecule has 3 nitrogen and oxygen atoms in total. The molecule has 1 aromatic rings. The molecule has 1 fully saturated rings. The third-order valence-electron chi connectivity index (χ3n) is 3.53. The minimum Gasteiger partial charge on any atom is -0.389 e. The monoisotopic (exact) mass is 249 g/mol. The SMILES string of the molecule is CCOCC(O)CN1CCC(c2ccccc2)C1. The zero-order valence-corrected chi connectivity index (χ0v) is 11.1. The van der Waals surface area contributed by atoms with Gasteiger partial charge >= 0.3 is 0 Å². The summed E-state index contributed by atoms with van der Waals surface area (Å²) in [6, 6.07) is 10.7. The Morgan fingerprint density at radius 1 is 1.39 bits per heavy atom. The number of aliphatic hydroxyl groups is 1. The van der Waals surface area contributed by atoms with E-state index in [0.29, 0.717) is 19.1 Å². The van der Waals surface area contributed by atoms with E-state index < -0.39 is 0 Å². The Labute approximate surface area is 109 Å².